The Kier molecular flexibility index (Phi) is 4.97. The van der Waals surface area contributed by atoms with Crippen molar-refractivity contribution in [3.63, 3.8) is 0 Å². The third kappa shape index (κ3) is 6.42. The molecule has 96 valence electrons. The Bertz CT molecular complexity index is 473. The average molecular weight is 273 g/mol. The van der Waals surface area contributed by atoms with Crippen LogP contribution in [-0.4, -0.2) is 35.6 Å². The summed E-state index contributed by atoms with van der Waals surface area (Å²) in [6, 6.07) is 1.51. The van der Waals surface area contributed by atoms with Gasteiger partial charge in [0.25, 0.3) is 15.2 Å². The van der Waals surface area contributed by atoms with E-state index < -0.39 is 22.2 Å². The molecule has 0 saturated carbocycles. The summed E-state index contributed by atoms with van der Waals surface area (Å²) < 4.78 is 52.7. The Morgan fingerprint density at radius 3 is 1.82 bits per heavy atom. The number of primary sulfonamides is 1. The van der Waals surface area contributed by atoms with Gasteiger partial charge in [-0.3, -0.25) is 0 Å². The van der Waals surface area contributed by atoms with E-state index in [-0.39, 0.29) is 5.16 Å². The van der Waals surface area contributed by atoms with Crippen molar-refractivity contribution in [2.24, 2.45) is 5.14 Å². The van der Waals surface area contributed by atoms with Crippen molar-refractivity contribution >= 4 is 16.0 Å². The Hall–Kier alpha value is -1.75. The molecule has 0 spiro atoms. The molecule has 1 aromatic rings. The van der Waals surface area contributed by atoms with Gasteiger partial charge in [0.05, 0.1) is 0 Å². The molecule has 0 aromatic carbocycles. The topological polar surface area (TPSA) is 123 Å². The van der Waals surface area contributed by atoms with Gasteiger partial charge < -0.3 is 5.11 Å². The van der Waals surface area contributed by atoms with Crippen LogP contribution in [0.2, 0.25) is 0 Å². The Morgan fingerprint density at radius 2 is 1.65 bits per heavy atom. The highest BCUT2D eigenvalue weighted by atomic mass is 32.2. The predicted molar refractivity (Wildman–Crippen MR) is 47.1 cm³/mol. The highest BCUT2D eigenvalue weighted by Crippen LogP contribution is 2.13. The van der Waals surface area contributed by atoms with E-state index in [9.17, 15) is 21.6 Å². The normalized spacial score (nSPS) is 11.3. The van der Waals surface area contributed by atoms with Crippen LogP contribution < -0.4 is 5.14 Å². The van der Waals surface area contributed by atoms with Crippen molar-refractivity contribution in [3.05, 3.63) is 18.5 Å². The smallest absolute Gasteiger partial charge is 0.475 e. The number of nitrogens with two attached hydrogens (primary N) is 1. The van der Waals surface area contributed by atoms with Crippen LogP contribution in [0.4, 0.5) is 13.2 Å². The number of hydrogen-bond donors (Lipinski definition) is 2. The summed E-state index contributed by atoms with van der Waals surface area (Å²) in [6.45, 7) is 0. The minimum atomic E-state index is -5.08. The minimum Gasteiger partial charge on any atom is -0.475 e. The lowest BCUT2D eigenvalue weighted by molar-refractivity contribution is -0.192. The number of nitrogens with zero attached hydrogens (tertiary/aromatic N) is 2. The van der Waals surface area contributed by atoms with Crippen molar-refractivity contribution in [3.8, 4) is 0 Å². The summed E-state index contributed by atoms with van der Waals surface area (Å²) in [5.41, 5.74) is 0. The van der Waals surface area contributed by atoms with E-state index in [1.165, 1.54) is 18.5 Å². The van der Waals surface area contributed by atoms with Crippen LogP contribution in [0.15, 0.2) is 23.6 Å². The fraction of sp³-hybridized carbons (Fsp3) is 0.167. The van der Waals surface area contributed by atoms with Gasteiger partial charge in [-0.2, -0.15) is 13.2 Å². The monoisotopic (exact) mass is 273 g/mol. The zero-order chi connectivity index (χ0) is 13.7. The molecular weight excluding hydrogens is 267 g/mol. The van der Waals surface area contributed by atoms with Gasteiger partial charge in [-0.15, -0.1) is 0 Å². The van der Waals surface area contributed by atoms with Crippen LogP contribution in [-0.2, 0) is 14.8 Å². The second kappa shape index (κ2) is 5.54. The first-order chi connectivity index (χ1) is 7.55. The number of rotatable bonds is 1. The van der Waals surface area contributed by atoms with E-state index in [0.29, 0.717) is 0 Å². The molecule has 1 rings (SSSR count). The number of hydrogen-bond acceptors (Lipinski definition) is 5. The summed E-state index contributed by atoms with van der Waals surface area (Å²) in [5.74, 6) is -2.76. The van der Waals surface area contributed by atoms with Gasteiger partial charge in [0.1, 0.15) is 0 Å². The molecule has 3 N–H and O–H groups in total. The highest BCUT2D eigenvalue weighted by Gasteiger charge is 2.38. The zero-order valence-electron chi connectivity index (χ0n) is 7.92. The zero-order valence-corrected chi connectivity index (χ0v) is 8.73. The van der Waals surface area contributed by atoms with E-state index in [2.05, 4.69) is 9.97 Å². The van der Waals surface area contributed by atoms with Gasteiger partial charge in [-0.25, -0.2) is 28.3 Å². The van der Waals surface area contributed by atoms with Crippen LogP contribution in [0, 0.1) is 0 Å². The molecule has 0 atom stereocenters. The Morgan fingerprint density at radius 1 is 1.29 bits per heavy atom. The predicted octanol–water partition coefficient (Wildman–Crippen LogP) is -0.243. The van der Waals surface area contributed by atoms with E-state index in [0.717, 1.165) is 0 Å². The third-order valence-corrected chi connectivity index (χ3v) is 1.76. The third-order valence-electron chi connectivity index (χ3n) is 1.04. The quantitative estimate of drug-likeness (QED) is 0.680. The first kappa shape index (κ1) is 15.2. The molecule has 0 radical (unpaired) electrons. The lowest BCUT2D eigenvalue weighted by Gasteiger charge is -1.93. The first-order valence-corrected chi connectivity index (χ1v) is 5.19. The maximum atomic E-state index is 10.6. The van der Waals surface area contributed by atoms with Gasteiger partial charge in [0.15, 0.2) is 0 Å². The molecule has 0 fully saturated rings. The molecule has 0 aliphatic heterocycles. The van der Waals surface area contributed by atoms with Gasteiger partial charge in [-0.1, -0.05) is 0 Å². The number of aliphatic carboxylic acids is 1. The van der Waals surface area contributed by atoms with E-state index in [1.807, 2.05) is 0 Å². The molecular formula is C6H6F3N3O4S. The molecule has 1 aromatic heterocycles. The number of carbonyl (C=O) groups is 1. The molecule has 1 heterocycles. The van der Waals surface area contributed by atoms with E-state index >= 15 is 0 Å². The minimum absolute atomic E-state index is 0.352. The number of alkyl halides is 3. The lowest BCUT2D eigenvalue weighted by atomic mass is 10.7. The number of carboxylic acids is 1. The molecule has 0 bridgehead atoms. The first-order valence-electron chi connectivity index (χ1n) is 3.65. The van der Waals surface area contributed by atoms with E-state index in [4.69, 9.17) is 15.0 Å². The molecule has 0 aliphatic carbocycles. The largest absolute Gasteiger partial charge is 0.490 e. The van der Waals surface area contributed by atoms with E-state index in [1.54, 1.807) is 0 Å². The molecule has 17 heavy (non-hydrogen) atoms. The maximum Gasteiger partial charge on any atom is 0.490 e. The fourth-order valence-electron chi connectivity index (χ4n) is 0.432. The van der Waals surface area contributed by atoms with Gasteiger partial charge in [0.2, 0.25) is 0 Å². The summed E-state index contributed by atoms with van der Waals surface area (Å²) in [4.78, 5) is 15.7. The molecule has 7 nitrogen and oxygen atoms in total. The number of halogens is 3. The summed E-state index contributed by atoms with van der Waals surface area (Å²) in [7, 11) is -3.73. The van der Waals surface area contributed by atoms with Gasteiger partial charge in [-0.05, 0) is 6.07 Å². The number of carboxylic acid groups (broad SMARTS) is 1. The SMILES string of the molecule is NS(=O)(=O)c1ncccn1.O=C(O)C(F)(F)F. The number of sulfonamides is 1. The summed E-state index contributed by atoms with van der Waals surface area (Å²) in [5, 5.41) is 11.5. The Balaban J connectivity index is 0.000000325. The van der Waals surface area contributed by atoms with Gasteiger partial charge >= 0.3 is 12.1 Å². The van der Waals surface area contributed by atoms with Crippen LogP contribution in [0.3, 0.4) is 0 Å². The standard InChI is InChI=1S/C4H5N3O2S.C2HF3O2/c5-10(8,9)4-6-2-1-3-7-4;3-2(4,5)1(6)7/h1-3H,(H2,5,8,9);(H,6,7). The van der Waals surface area contributed by atoms with Crippen molar-refractivity contribution in [1.29, 1.82) is 0 Å². The summed E-state index contributed by atoms with van der Waals surface area (Å²) >= 11 is 0. The highest BCUT2D eigenvalue weighted by molar-refractivity contribution is 7.89. The fourth-order valence-corrected chi connectivity index (χ4v) is 0.848. The van der Waals surface area contributed by atoms with Crippen molar-refractivity contribution in [2.45, 2.75) is 11.3 Å². The Labute approximate surface area is 93.2 Å². The van der Waals surface area contributed by atoms with Crippen molar-refractivity contribution in [2.75, 3.05) is 0 Å². The molecule has 0 saturated heterocycles. The molecule has 11 heteroatoms. The lowest BCUT2D eigenvalue weighted by Crippen LogP contribution is -2.21. The van der Waals surface area contributed by atoms with Crippen molar-refractivity contribution in [1.82, 2.24) is 9.97 Å². The average Bonchev–Trinajstić information content (AvgIpc) is 2.17. The van der Waals surface area contributed by atoms with Crippen LogP contribution >= 0.6 is 0 Å². The van der Waals surface area contributed by atoms with Gasteiger partial charge in [0, 0.05) is 12.4 Å². The molecule has 0 unspecified atom stereocenters. The van der Waals surface area contributed by atoms with Crippen LogP contribution in [0.25, 0.3) is 0 Å². The van der Waals surface area contributed by atoms with Crippen LogP contribution in [0.5, 0.6) is 0 Å². The second-order valence-electron chi connectivity index (χ2n) is 2.38. The summed E-state index contributed by atoms with van der Waals surface area (Å²) in [6.07, 6.45) is -2.46. The molecule has 0 amide bonds. The van der Waals surface area contributed by atoms with Crippen LogP contribution in [0.1, 0.15) is 0 Å². The second-order valence-corrected chi connectivity index (χ2v) is 3.83. The maximum absolute atomic E-state index is 10.6. The molecule has 0 aliphatic rings. The van der Waals surface area contributed by atoms with Crippen molar-refractivity contribution < 1.29 is 31.5 Å². The number of aromatic nitrogens is 2.